The highest BCUT2D eigenvalue weighted by atomic mass is 16.5. The molecule has 3 heterocycles. The van der Waals surface area contributed by atoms with Crippen molar-refractivity contribution in [2.24, 2.45) is 0 Å². The number of hydrogen-bond donors (Lipinski definition) is 0. The fraction of sp³-hybridized carbons (Fsp3) is 0.625. The molecule has 0 bridgehead atoms. The highest BCUT2D eigenvalue weighted by Crippen LogP contribution is 2.19. The summed E-state index contributed by atoms with van der Waals surface area (Å²) in [7, 11) is 0. The van der Waals surface area contributed by atoms with Crippen LogP contribution >= 0.6 is 0 Å². The van der Waals surface area contributed by atoms with E-state index in [1.54, 1.807) is 13.0 Å². The topological polar surface area (TPSA) is 88.5 Å². The Hall–Kier alpha value is -2.22. The lowest BCUT2D eigenvalue weighted by atomic mass is 10.1. The zero-order chi connectivity index (χ0) is 16.9. The van der Waals surface area contributed by atoms with Crippen LogP contribution in [0.5, 0.6) is 0 Å². The van der Waals surface area contributed by atoms with E-state index in [-0.39, 0.29) is 5.91 Å². The quantitative estimate of drug-likeness (QED) is 0.825. The summed E-state index contributed by atoms with van der Waals surface area (Å²) in [5.74, 6) is 1.25. The van der Waals surface area contributed by atoms with Gasteiger partial charge in [-0.25, -0.2) is 0 Å². The number of rotatable bonds is 5. The van der Waals surface area contributed by atoms with E-state index in [2.05, 4.69) is 27.1 Å². The molecule has 0 spiro atoms. The van der Waals surface area contributed by atoms with Crippen LogP contribution in [0.2, 0.25) is 0 Å². The predicted molar refractivity (Wildman–Crippen MR) is 85.2 cm³/mol. The lowest BCUT2D eigenvalue weighted by molar-refractivity contribution is 0.0745. The summed E-state index contributed by atoms with van der Waals surface area (Å²) in [5, 5.41) is 7.73. The van der Waals surface area contributed by atoms with Gasteiger partial charge in [-0.15, -0.1) is 0 Å². The Balaban J connectivity index is 1.60. The van der Waals surface area contributed by atoms with E-state index in [9.17, 15) is 4.79 Å². The third-order valence-electron chi connectivity index (χ3n) is 4.48. The SMILES string of the molecule is CCN(Cc1noc(C)n1)[C@@H]1CCCN(C(=O)c2ccon2)CC1. The molecule has 1 amide bonds. The second kappa shape index (κ2) is 7.57. The molecule has 0 unspecified atom stereocenters. The Morgan fingerprint density at radius 3 is 2.92 bits per heavy atom. The molecular weight excluding hydrogens is 310 g/mol. The highest BCUT2D eigenvalue weighted by Gasteiger charge is 2.26. The fourth-order valence-electron chi connectivity index (χ4n) is 3.22. The summed E-state index contributed by atoms with van der Waals surface area (Å²) in [6, 6.07) is 2.02. The van der Waals surface area contributed by atoms with Crippen molar-refractivity contribution in [2.75, 3.05) is 19.6 Å². The Kier molecular flexibility index (Phi) is 5.24. The summed E-state index contributed by atoms with van der Waals surface area (Å²) in [6.45, 7) is 6.99. The molecule has 2 aromatic rings. The van der Waals surface area contributed by atoms with Crippen LogP contribution in [-0.2, 0) is 6.54 Å². The van der Waals surface area contributed by atoms with Crippen molar-refractivity contribution >= 4 is 5.91 Å². The molecule has 8 nitrogen and oxygen atoms in total. The molecule has 0 aliphatic carbocycles. The summed E-state index contributed by atoms with van der Waals surface area (Å²) >= 11 is 0. The molecular formula is C16H23N5O3. The van der Waals surface area contributed by atoms with Crippen molar-refractivity contribution < 1.29 is 13.8 Å². The molecule has 1 saturated heterocycles. The first-order chi connectivity index (χ1) is 11.7. The molecule has 1 aliphatic heterocycles. The van der Waals surface area contributed by atoms with Gasteiger partial charge in [0.25, 0.3) is 5.91 Å². The highest BCUT2D eigenvalue weighted by molar-refractivity contribution is 5.92. The molecule has 0 aromatic carbocycles. The van der Waals surface area contributed by atoms with Crippen molar-refractivity contribution in [1.82, 2.24) is 25.1 Å². The summed E-state index contributed by atoms with van der Waals surface area (Å²) in [4.78, 5) is 20.9. The number of carbonyl (C=O) groups is 1. The Labute approximate surface area is 140 Å². The van der Waals surface area contributed by atoms with Crippen LogP contribution in [0.3, 0.4) is 0 Å². The number of carbonyl (C=O) groups excluding carboxylic acids is 1. The van der Waals surface area contributed by atoms with Gasteiger partial charge in [-0.1, -0.05) is 17.2 Å². The minimum atomic E-state index is -0.0544. The maximum absolute atomic E-state index is 12.4. The van der Waals surface area contributed by atoms with E-state index >= 15 is 0 Å². The number of hydrogen-bond acceptors (Lipinski definition) is 7. The normalized spacial score (nSPS) is 18.8. The van der Waals surface area contributed by atoms with E-state index in [1.165, 1.54) is 6.26 Å². The monoisotopic (exact) mass is 333 g/mol. The lowest BCUT2D eigenvalue weighted by Crippen LogP contribution is -2.37. The van der Waals surface area contributed by atoms with Crippen molar-refractivity contribution in [1.29, 1.82) is 0 Å². The molecule has 0 radical (unpaired) electrons. The Bertz CT molecular complexity index is 654. The van der Waals surface area contributed by atoms with E-state index in [0.29, 0.717) is 30.0 Å². The predicted octanol–water partition coefficient (Wildman–Crippen LogP) is 1.88. The van der Waals surface area contributed by atoms with Crippen LogP contribution in [0.15, 0.2) is 21.4 Å². The van der Waals surface area contributed by atoms with Crippen LogP contribution in [0.25, 0.3) is 0 Å². The van der Waals surface area contributed by atoms with E-state index in [4.69, 9.17) is 9.05 Å². The van der Waals surface area contributed by atoms with Crippen LogP contribution < -0.4 is 0 Å². The first-order valence-electron chi connectivity index (χ1n) is 8.40. The van der Waals surface area contributed by atoms with Crippen molar-refractivity contribution in [2.45, 2.75) is 45.7 Å². The standard InChI is InChI=1S/C16H23N5O3/c1-3-20(11-15-17-12(2)24-19-15)13-5-4-8-21(9-6-13)16(22)14-7-10-23-18-14/h7,10,13H,3-6,8-9,11H2,1-2H3/t13-/m1/s1. The minimum Gasteiger partial charge on any atom is -0.364 e. The lowest BCUT2D eigenvalue weighted by Gasteiger charge is -2.28. The van der Waals surface area contributed by atoms with E-state index in [1.807, 2.05) is 4.90 Å². The molecule has 1 aliphatic rings. The number of aromatic nitrogens is 3. The van der Waals surface area contributed by atoms with Gasteiger partial charge in [0.1, 0.15) is 6.26 Å². The van der Waals surface area contributed by atoms with Gasteiger partial charge in [0.15, 0.2) is 11.5 Å². The first-order valence-corrected chi connectivity index (χ1v) is 8.40. The second-order valence-electron chi connectivity index (χ2n) is 6.05. The van der Waals surface area contributed by atoms with Gasteiger partial charge in [-0.2, -0.15) is 4.98 Å². The summed E-state index contributed by atoms with van der Waals surface area (Å²) in [5.41, 5.74) is 0.378. The second-order valence-corrected chi connectivity index (χ2v) is 6.05. The van der Waals surface area contributed by atoms with Gasteiger partial charge in [0, 0.05) is 32.1 Å². The van der Waals surface area contributed by atoms with Gasteiger partial charge < -0.3 is 13.9 Å². The largest absolute Gasteiger partial charge is 0.364 e. The van der Waals surface area contributed by atoms with Crippen LogP contribution in [0.1, 0.15) is 48.4 Å². The van der Waals surface area contributed by atoms with Gasteiger partial charge in [0.2, 0.25) is 5.89 Å². The zero-order valence-electron chi connectivity index (χ0n) is 14.1. The fourth-order valence-corrected chi connectivity index (χ4v) is 3.22. The third kappa shape index (κ3) is 3.81. The van der Waals surface area contributed by atoms with Gasteiger partial charge in [-0.05, 0) is 25.8 Å². The van der Waals surface area contributed by atoms with Crippen molar-refractivity contribution in [3.63, 3.8) is 0 Å². The van der Waals surface area contributed by atoms with Crippen LogP contribution in [-0.4, -0.2) is 56.7 Å². The molecule has 0 saturated carbocycles. The van der Waals surface area contributed by atoms with E-state index < -0.39 is 0 Å². The molecule has 1 fully saturated rings. The number of aryl methyl sites for hydroxylation is 1. The minimum absolute atomic E-state index is 0.0544. The smallest absolute Gasteiger partial charge is 0.276 e. The summed E-state index contributed by atoms with van der Waals surface area (Å²) in [6.07, 6.45) is 4.37. The number of nitrogens with zero attached hydrogens (tertiary/aromatic N) is 5. The van der Waals surface area contributed by atoms with Gasteiger partial charge in [0.05, 0.1) is 6.54 Å². The third-order valence-corrected chi connectivity index (χ3v) is 4.48. The van der Waals surface area contributed by atoms with Crippen molar-refractivity contribution in [3.05, 3.63) is 29.7 Å². The Morgan fingerprint density at radius 2 is 2.25 bits per heavy atom. The number of likely N-dealkylation sites (tertiary alicyclic amines) is 1. The van der Waals surface area contributed by atoms with Gasteiger partial charge >= 0.3 is 0 Å². The summed E-state index contributed by atoms with van der Waals surface area (Å²) < 4.78 is 9.83. The van der Waals surface area contributed by atoms with Crippen molar-refractivity contribution in [3.8, 4) is 0 Å². The van der Waals surface area contributed by atoms with E-state index in [0.717, 1.165) is 38.9 Å². The first kappa shape index (κ1) is 16.6. The molecule has 0 N–H and O–H groups in total. The molecule has 1 atom stereocenters. The van der Waals surface area contributed by atoms with Gasteiger partial charge in [-0.3, -0.25) is 9.69 Å². The number of amides is 1. The molecule has 8 heteroatoms. The average Bonchev–Trinajstić information content (AvgIpc) is 3.19. The molecule has 130 valence electrons. The Morgan fingerprint density at radius 1 is 1.38 bits per heavy atom. The molecule has 3 rings (SSSR count). The molecule has 2 aromatic heterocycles. The average molecular weight is 333 g/mol. The van der Waals surface area contributed by atoms with Crippen LogP contribution in [0, 0.1) is 6.92 Å². The maximum Gasteiger partial charge on any atom is 0.276 e. The molecule has 24 heavy (non-hydrogen) atoms. The zero-order valence-corrected chi connectivity index (χ0v) is 14.1. The van der Waals surface area contributed by atoms with Crippen LogP contribution in [0.4, 0.5) is 0 Å². The maximum atomic E-state index is 12.4.